The lowest BCUT2D eigenvalue weighted by Crippen LogP contribution is -2.64. The maximum atomic E-state index is 13.5. The Hall–Kier alpha value is -2.73. The third-order valence-corrected chi connectivity index (χ3v) is 8.33. The molecule has 0 saturated heterocycles. The average molecular weight is 610 g/mol. The van der Waals surface area contributed by atoms with Gasteiger partial charge in [0.1, 0.15) is 11.1 Å². The molecule has 1 aliphatic carbocycles. The van der Waals surface area contributed by atoms with Crippen molar-refractivity contribution in [3.63, 3.8) is 0 Å². The zero-order valence-corrected chi connectivity index (χ0v) is 28.6. The molecule has 5 amide bonds. The molecule has 248 valence electrons. The van der Waals surface area contributed by atoms with Crippen molar-refractivity contribution in [3.05, 3.63) is 0 Å². The van der Waals surface area contributed by atoms with Crippen molar-refractivity contribution in [3.8, 4) is 0 Å². The van der Waals surface area contributed by atoms with Gasteiger partial charge >= 0.3 is 0 Å². The number of carbonyl (C=O) groups excluding carboxylic acids is 5. The number of nitrogens with one attached hydrogen (secondary N) is 4. The molecule has 4 N–H and O–H groups in total. The third-order valence-electron chi connectivity index (χ3n) is 8.33. The van der Waals surface area contributed by atoms with Crippen LogP contribution < -0.4 is 21.3 Å². The van der Waals surface area contributed by atoms with E-state index < -0.39 is 22.9 Å². The molecule has 0 aliphatic heterocycles. The van der Waals surface area contributed by atoms with E-state index in [1.165, 1.54) is 4.90 Å². The molecule has 0 aromatic carbocycles. The molecule has 0 spiro atoms. The van der Waals surface area contributed by atoms with Gasteiger partial charge in [-0.25, -0.2) is 0 Å². The minimum Gasteiger partial charge on any atom is -0.354 e. The lowest BCUT2D eigenvalue weighted by atomic mass is 9.94. The summed E-state index contributed by atoms with van der Waals surface area (Å²) in [5, 5.41) is 11.6. The summed E-state index contributed by atoms with van der Waals surface area (Å²) in [7, 11) is 5.71. The van der Waals surface area contributed by atoms with Crippen LogP contribution in [0.3, 0.4) is 0 Å². The Morgan fingerprint density at radius 1 is 0.930 bits per heavy atom. The molecule has 1 aliphatic rings. The van der Waals surface area contributed by atoms with Gasteiger partial charge < -0.3 is 36.0 Å². The molecule has 0 aromatic heterocycles. The highest BCUT2D eigenvalue weighted by atomic mass is 16.2. The first-order valence-corrected chi connectivity index (χ1v) is 15.6. The lowest BCUT2D eigenvalue weighted by molar-refractivity contribution is -0.145. The van der Waals surface area contributed by atoms with Gasteiger partial charge in [0.15, 0.2) is 0 Å². The van der Waals surface area contributed by atoms with Crippen molar-refractivity contribution < 1.29 is 24.0 Å². The van der Waals surface area contributed by atoms with E-state index >= 15 is 0 Å². The van der Waals surface area contributed by atoms with E-state index in [1.807, 2.05) is 41.8 Å². The summed E-state index contributed by atoms with van der Waals surface area (Å²) < 4.78 is 0. The van der Waals surface area contributed by atoms with Crippen LogP contribution in [0.4, 0.5) is 0 Å². The van der Waals surface area contributed by atoms with Gasteiger partial charge in [0.2, 0.25) is 30.0 Å². The van der Waals surface area contributed by atoms with Crippen LogP contribution in [0.25, 0.3) is 0 Å². The Bertz CT molecular complexity index is 960. The first kappa shape index (κ1) is 38.3. The molecule has 12 heteroatoms. The predicted molar refractivity (Wildman–Crippen MR) is 169 cm³/mol. The molecule has 1 rings (SSSR count). The summed E-state index contributed by atoms with van der Waals surface area (Å²) in [4.78, 5) is 69.5. The molecule has 12 nitrogen and oxygen atoms in total. The zero-order valence-electron chi connectivity index (χ0n) is 28.6. The van der Waals surface area contributed by atoms with E-state index in [2.05, 4.69) is 26.2 Å². The van der Waals surface area contributed by atoms with Gasteiger partial charge in [-0.3, -0.25) is 24.0 Å². The van der Waals surface area contributed by atoms with Crippen LogP contribution in [0.5, 0.6) is 0 Å². The van der Waals surface area contributed by atoms with Crippen LogP contribution in [0, 0.1) is 0 Å². The number of likely N-dealkylation sites (N-methyl/N-ethyl adjacent to an activating group) is 2. The molecule has 1 fully saturated rings. The maximum Gasteiger partial charge on any atom is 0.246 e. The largest absolute Gasteiger partial charge is 0.354 e. The number of hydrogen-bond acceptors (Lipinski definition) is 7. The number of hydrogen-bond donors (Lipinski definition) is 4. The Balaban J connectivity index is 2.79. The normalized spacial score (nSPS) is 16.4. The summed E-state index contributed by atoms with van der Waals surface area (Å²) in [5.41, 5.74) is -2.79. The Morgan fingerprint density at radius 3 is 2.00 bits per heavy atom. The van der Waals surface area contributed by atoms with Gasteiger partial charge in [-0.1, -0.05) is 12.8 Å². The number of amides is 5. The maximum absolute atomic E-state index is 13.5. The molecule has 0 heterocycles. The van der Waals surface area contributed by atoms with Crippen molar-refractivity contribution in [1.29, 1.82) is 0 Å². The summed E-state index contributed by atoms with van der Waals surface area (Å²) in [5.74, 6) is -1.07. The molecular formula is C31H59N7O5. The van der Waals surface area contributed by atoms with Gasteiger partial charge in [0.05, 0.1) is 12.1 Å². The van der Waals surface area contributed by atoms with E-state index in [4.69, 9.17) is 0 Å². The first-order chi connectivity index (χ1) is 19.8. The van der Waals surface area contributed by atoms with Crippen LogP contribution in [0.1, 0.15) is 93.9 Å². The van der Waals surface area contributed by atoms with Crippen LogP contribution >= 0.6 is 0 Å². The third kappa shape index (κ3) is 11.0. The molecule has 1 saturated carbocycles. The van der Waals surface area contributed by atoms with Gasteiger partial charge in [-0.05, 0) is 95.8 Å². The van der Waals surface area contributed by atoms with Crippen molar-refractivity contribution in [1.82, 2.24) is 36.0 Å². The summed E-state index contributed by atoms with van der Waals surface area (Å²) >= 11 is 0. The monoisotopic (exact) mass is 609 g/mol. The van der Waals surface area contributed by atoms with Gasteiger partial charge in [0.25, 0.3) is 0 Å². The molecule has 0 radical (unpaired) electrons. The van der Waals surface area contributed by atoms with Crippen molar-refractivity contribution in [2.45, 2.75) is 129 Å². The molecular weight excluding hydrogens is 550 g/mol. The van der Waals surface area contributed by atoms with Crippen LogP contribution in [0.2, 0.25) is 0 Å². The van der Waals surface area contributed by atoms with Crippen LogP contribution in [0.15, 0.2) is 0 Å². The second kappa shape index (κ2) is 16.4. The fraction of sp³-hybridized carbons (Fsp3) is 0.839. The van der Waals surface area contributed by atoms with Crippen LogP contribution in [-0.4, -0.2) is 120 Å². The van der Waals surface area contributed by atoms with E-state index in [0.29, 0.717) is 12.8 Å². The highest BCUT2D eigenvalue weighted by Gasteiger charge is 2.42. The van der Waals surface area contributed by atoms with E-state index in [1.54, 1.807) is 39.6 Å². The SMILES string of the molecule is CNCC(=O)N(C(C)C)C(C)CC(C)N(C=O)C(C)(C)C(=O)NC(C)(C)C(=O)NCCC(=O)NC1(CN(C)C)CCCC1. The predicted octanol–water partition coefficient (Wildman–Crippen LogP) is 1.24. The Morgan fingerprint density at radius 2 is 1.51 bits per heavy atom. The standard InChI is InChI=1S/C31H59N7O5/c1-22(2)38(26(41)19-32-9)24(4)18-23(3)37(21-39)30(7,8)28(43)35-29(5,6)27(42)33-17-14-25(40)34-31(20-36(10)11)15-12-13-16-31/h21-24,32H,12-20H2,1-11H3,(H,33,42)(H,34,40)(H,35,43). The molecule has 0 aromatic rings. The highest BCUT2D eigenvalue weighted by Crippen LogP contribution is 2.30. The minimum absolute atomic E-state index is 0.0312. The van der Waals surface area contributed by atoms with Gasteiger partial charge in [-0.15, -0.1) is 0 Å². The Kier molecular flexibility index (Phi) is 14.6. The smallest absolute Gasteiger partial charge is 0.246 e. The van der Waals surface area contributed by atoms with Crippen LogP contribution in [-0.2, 0) is 24.0 Å². The zero-order chi connectivity index (χ0) is 33.2. The summed E-state index contributed by atoms with van der Waals surface area (Å²) in [6.45, 7) is 15.2. The number of rotatable bonds is 18. The summed E-state index contributed by atoms with van der Waals surface area (Å²) in [6.07, 6.45) is 5.30. The van der Waals surface area contributed by atoms with Gasteiger partial charge in [-0.2, -0.15) is 0 Å². The van der Waals surface area contributed by atoms with Crippen molar-refractivity contribution in [2.24, 2.45) is 0 Å². The van der Waals surface area contributed by atoms with E-state index in [9.17, 15) is 24.0 Å². The van der Waals surface area contributed by atoms with Gasteiger partial charge in [0, 0.05) is 37.6 Å². The second-order valence-corrected chi connectivity index (χ2v) is 13.8. The van der Waals surface area contributed by atoms with E-state index in [0.717, 1.165) is 32.2 Å². The van der Waals surface area contributed by atoms with E-state index in [-0.39, 0.29) is 55.0 Å². The number of nitrogens with zero attached hydrogens (tertiary/aromatic N) is 3. The second-order valence-electron chi connectivity index (χ2n) is 13.8. The quantitative estimate of drug-likeness (QED) is 0.171. The fourth-order valence-electron chi connectivity index (χ4n) is 6.25. The molecule has 2 atom stereocenters. The minimum atomic E-state index is -1.29. The lowest BCUT2D eigenvalue weighted by Gasteiger charge is -2.42. The molecule has 2 unspecified atom stereocenters. The number of carbonyl (C=O) groups is 5. The Labute approximate surface area is 259 Å². The van der Waals surface area contributed by atoms with Crippen molar-refractivity contribution in [2.75, 3.05) is 40.8 Å². The molecule has 0 bridgehead atoms. The fourth-order valence-corrected chi connectivity index (χ4v) is 6.25. The molecule has 43 heavy (non-hydrogen) atoms. The first-order valence-electron chi connectivity index (χ1n) is 15.6. The van der Waals surface area contributed by atoms with Crippen molar-refractivity contribution >= 4 is 30.0 Å². The highest BCUT2D eigenvalue weighted by molar-refractivity contribution is 5.95. The topological polar surface area (TPSA) is 143 Å². The average Bonchev–Trinajstić information content (AvgIpc) is 3.30. The summed E-state index contributed by atoms with van der Waals surface area (Å²) in [6, 6.07) is -0.581.